The molecule has 1 heterocycles. The standard InChI is InChI=1S/C36H34Cl2N6O4/c1-22-14-15-23-8-6-13-31(34(23)40-22)48-21-28-29(37)16-17-30(33(28)38)44(4)32(45)20-39-36(47)42-25-10-5-9-24(18-25)35(46)41-26-11-7-12-27(19-26)43(2)3/h5-19H,20-21H2,1-4H3,(H,41,46)(H2,39,42,47). The third-order valence-corrected chi connectivity index (χ3v) is 8.27. The zero-order chi connectivity index (χ0) is 34.4. The number of aryl methyl sites for hydroxylation is 1. The molecule has 0 radical (unpaired) electrons. The molecule has 0 aliphatic carbocycles. The molecule has 4 amide bonds. The van der Waals surface area contributed by atoms with Crippen molar-refractivity contribution in [3.8, 4) is 5.75 Å². The van der Waals surface area contributed by atoms with E-state index in [0.717, 1.165) is 22.3 Å². The Bertz CT molecular complexity index is 2000. The molecule has 0 fully saturated rings. The summed E-state index contributed by atoms with van der Waals surface area (Å²) in [6, 6.07) is 26.1. The van der Waals surface area contributed by atoms with Gasteiger partial charge in [-0.2, -0.15) is 0 Å². The number of carbonyl (C=O) groups is 3. The fourth-order valence-electron chi connectivity index (χ4n) is 4.85. The molecule has 0 unspecified atom stereocenters. The van der Waals surface area contributed by atoms with E-state index in [9.17, 15) is 14.4 Å². The SMILES string of the molecule is Cc1ccc2cccc(OCc3c(Cl)ccc(N(C)C(=O)CNC(=O)Nc4cccc(C(=O)Nc5cccc(N(C)C)c5)c4)c3Cl)c2n1. The highest BCUT2D eigenvalue weighted by atomic mass is 35.5. The van der Waals surface area contributed by atoms with Crippen molar-refractivity contribution in [2.24, 2.45) is 0 Å². The van der Waals surface area contributed by atoms with Gasteiger partial charge in [0.25, 0.3) is 5.91 Å². The molecular formula is C36H34Cl2N6O4. The third kappa shape index (κ3) is 8.14. The minimum absolute atomic E-state index is 0.0441. The van der Waals surface area contributed by atoms with Crippen LogP contribution in [0.5, 0.6) is 5.75 Å². The number of carbonyl (C=O) groups excluding carboxylic acids is 3. The van der Waals surface area contributed by atoms with Crippen molar-refractivity contribution >= 4 is 74.7 Å². The number of urea groups is 1. The summed E-state index contributed by atoms with van der Waals surface area (Å²) in [6.45, 7) is 1.63. The molecule has 5 rings (SSSR count). The van der Waals surface area contributed by atoms with E-state index in [4.69, 9.17) is 27.9 Å². The molecule has 0 bridgehead atoms. The number of fused-ring (bicyclic) bond motifs is 1. The molecule has 1 aromatic heterocycles. The smallest absolute Gasteiger partial charge is 0.319 e. The van der Waals surface area contributed by atoms with Crippen LogP contribution in [0.1, 0.15) is 21.6 Å². The van der Waals surface area contributed by atoms with Gasteiger partial charge in [-0.3, -0.25) is 9.59 Å². The predicted octanol–water partition coefficient (Wildman–Crippen LogP) is 7.53. The number of hydrogen-bond acceptors (Lipinski definition) is 6. The molecule has 246 valence electrons. The van der Waals surface area contributed by atoms with E-state index in [1.165, 1.54) is 4.90 Å². The second kappa shape index (κ2) is 15.1. The lowest BCUT2D eigenvalue weighted by molar-refractivity contribution is -0.117. The highest BCUT2D eigenvalue weighted by Gasteiger charge is 2.20. The summed E-state index contributed by atoms with van der Waals surface area (Å²) in [5.41, 5.74) is 4.79. The van der Waals surface area contributed by atoms with Gasteiger partial charge in [0, 0.05) is 65.4 Å². The zero-order valence-corrected chi connectivity index (χ0v) is 28.3. The minimum atomic E-state index is -0.622. The van der Waals surface area contributed by atoms with Crippen LogP contribution in [0.25, 0.3) is 10.9 Å². The molecule has 0 aliphatic rings. The number of nitrogens with zero attached hydrogens (tertiary/aromatic N) is 3. The van der Waals surface area contributed by atoms with Gasteiger partial charge >= 0.3 is 6.03 Å². The number of amides is 4. The van der Waals surface area contributed by atoms with Crippen LogP contribution in [0, 0.1) is 6.92 Å². The molecule has 4 aromatic carbocycles. The average molecular weight is 686 g/mol. The highest BCUT2D eigenvalue weighted by Crippen LogP contribution is 2.35. The summed E-state index contributed by atoms with van der Waals surface area (Å²) < 4.78 is 6.09. The van der Waals surface area contributed by atoms with Crippen LogP contribution < -0.4 is 30.5 Å². The maximum Gasteiger partial charge on any atom is 0.319 e. The number of hydrogen-bond donors (Lipinski definition) is 3. The summed E-state index contributed by atoms with van der Waals surface area (Å²) in [6.07, 6.45) is 0. The number of likely N-dealkylation sites (N-methyl/N-ethyl adjacent to an activating group) is 1. The number of nitrogens with one attached hydrogen (secondary N) is 3. The maximum absolute atomic E-state index is 13.1. The second-order valence-corrected chi connectivity index (χ2v) is 12.0. The topological polar surface area (TPSA) is 116 Å². The van der Waals surface area contributed by atoms with Crippen LogP contribution in [-0.2, 0) is 11.4 Å². The quantitative estimate of drug-likeness (QED) is 0.140. The van der Waals surface area contributed by atoms with Gasteiger partial charge in [-0.15, -0.1) is 0 Å². The first-order valence-corrected chi connectivity index (χ1v) is 15.7. The van der Waals surface area contributed by atoms with Crippen molar-refractivity contribution in [3.63, 3.8) is 0 Å². The predicted molar refractivity (Wildman–Crippen MR) is 193 cm³/mol. The van der Waals surface area contributed by atoms with Gasteiger partial charge in [0.1, 0.15) is 17.9 Å². The second-order valence-electron chi connectivity index (χ2n) is 11.2. The lowest BCUT2D eigenvalue weighted by Crippen LogP contribution is -2.40. The zero-order valence-electron chi connectivity index (χ0n) is 26.8. The average Bonchev–Trinajstić information content (AvgIpc) is 3.07. The Balaban J connectivity index is 1.18. The molecule has 12 heteroatoms. The highest BCUT2D eigenvalue weighted by molar-refractivity contribution is 6.38. The van der Waals surface area contributed by atoms with Crippen LogP contribution in [0.3, 0.4) is 0 Å². The van der Waals surface area contributed by atoms with E-state index in [1.807, 2.05) is 74.4 Å². The van der Waals surface area contributed by atoms with Gasteiger partial charge in [-0.05, 0) is 67.6 Å². The Kier molecular flexibility index (Phi) is 10.7. The molecule has 0 atom stereocenters. The van der Waals surface area contributed by atoms with E-state index >= 15 is 0 Å². The number of halogens is 2. The van der Waals surface area contributed by atoms with Crippen LogP contribution in [0.2, 0.25) is 10.0 Å². The molecule has 0 aliphatic heterocycles. The Morgan fingerprint density at radius 1 is 0.833 bits per heavy atom. The first kappa shape index (κ1) is 34.0. The monoisotopic (exact) mass is 684 g/mol. The number of anilines is 4. The molecule has 3 N–H and O–H groups in total. The Hall–Kier alpha value is -5.32. The number of rotatable bonds is 10. The Labute approximate surface area is 288 Å². The summed E-state index contributed by atoms with van der Waals surface area (Å²) in [4.78, 5) is 46.5. The van der Waals surface area contributed by atoms with Gasteiger partial charge in [0.05, 0.1) is 17.3 Å². The Morgan fingerprint density at radius 2 is 1.56 bits per heavy atom. The lowest BCUT2D eigenvalue weighted by Gasteiger charge is -2.21. The number of para-hydroxylation sites is 1. The van der Waals surface area contributed by atoms with Crippen LogP contribution >= 0.6 is 23.2 Å². The van der Waals surface area contributed by atoms with E-state index in [-0.39, 0.29) is 24.1 Å². The molecule has 0 spiro atoms. The minimum Gasteiger partial charge on any atom is -0.487 e. The summed E-state index contributed by atoms with van der Waals surface area (Å²) in [5, 5.41) is 9.64. The van der Waals surface area contributed by atoms with Crippen molar-refractivity contribution < 1.29 is 19.1 Å². The number of pyridine rings is 1. The van der Waals surface area contributed by atoms with Crippen molar-refractivity contribution in [2.75, 3.05) is 48.1 Å². The maximum atomic E-state index is 13.1. The molecule has 5 aromatic rings. The summed E-state index contributed by atoms with van der Waals surface area (Å²) in [5.74, 6) is -0.183. The number of ether oxygens (including phenoxy) is 1. The van der Waals surface area contributed by atoms with E-state index < -0.39 is 11.9 Å². The van der Waals surface area contributed by atoms with E-state index in [1.54, 1.807) is 49.5 Å². The van der Waals surface area contributed by atoms with Gasteiger partial charge in [-0.25, -0.2) is 9.78 Å². The van der Waals surface area contributed by atoms with Crippen molar-refractivity contribution in [2.45, 2.75) is 13.5 Å². The largest absolute Gasteiger partial charge is 0.487 e. The normalized spacial score (nSPS) is 10.7. The fraction of sp³-hybridized carbons (Fsp3) is 0.167. The molecule has 0 saturated carbocycles. The first-order chi connectivity index (χ1) is 23.0. The number of aromatic nitrogens is 1. The van der Waals surface area contributed by atoms with Gasteiger partial charge in [0.15, 0.2) is 0 Å². The number of benzene rings is 4. The Morgan fingerprint density at radius 3 is 2.33 bits per heavy atom. The lowest BCUT2D eigenvalue weighted by atomic mass is 10.1. The first-order valence-electron chi connectivity index (χ1n) is 15.0. The van der Waals surface area contributed by atoms with Crippen LogP contribution in [0.15, 0.2) is 91.0 Å². The van der Waals surface area contributed by atoms with Crippen molar-refractivity contribution in [3.05, 3.63) is 118 Å². The third-order valence-electron chi connectivity index (χ3n) is 7.50. The fourth-order valence-corrected chi connectivity index (χ4v) is 5.45. The summed E-state index contributed by atoms with van der Waals surface area (Å²) in [7, 11) is 5.38. The van der Waals surface area contributed by atoms with Crippen molar-refractivity contribution in [1.29, 1.82) is 0 Å². The molecular weight excluding hydrogens is 651 g/mol. The van der Waals surface area contributed by atoms with Gasteiger partial charge < -0.3 is 30.5 Å². The van der Waals surface area contributed by atoms with Crippen LogP contribution in [0.4, 0.5) is 27.5 Å². The van der Waals surface area contributed by atoms with Gasteiger partial charge in [-0.1, -0.05) is 53.5 Å². The molecule has 10 nitrogen and oxygen atoms in total. The molecule has 48 heavy (non-hydrogen) atoms. The van der Waals surface area contributed by atoms with E-state index in [0.29, 0.717) is 39.0 Å². The van der Waals surface area contributed by atoms with Crippen molar-refractivity contribution in [1.82, 2.24) is 10.3 Å². The van der Waals surface area contributed by atoms with E-state index in [2.05, 4.69) is 20.9 Å². The van der Waals surface area contributed by atoms with Crippen LogP contribution in [-0.4, -0.2) is 50.5 Å². The van der Waals surface area contributed by atoms with Gasteiger partial charge in [0.2, 0.25) is 5.91 Å². The summed E-state index contributed by atoms with van der Waals surface area (Å²) >= 11 is 13.2. The molecule has 0 saturated heterocycles.